The maximum atomic E-state index is 2.48. The third-order valence-corrected chi connectivity index (χ3v) is 3.87. The third kappa shape index (κ3) is 0.484. The molecular weight excluding hydrogens is 152 g/mol. The molecule has 6 aliphatic heterocycles. The Morgan fingerprint density at radius 1 is 0.500 bits per heavy atom. The van der Waals surface area contributed by atoms with E-state index in [-0.39, 0.29) is 0 Å². The van der Waals surface area contributed by atoms with Crippen molar-refractivity contribution >= 4 is 0 Å². The molecule has 0 N–H and O–H groups in total. The predicted molar refractivity (Wildman–Crippen MR) is 46.2 cm³/mol. The van der Waals surface area contributed by atoms with Gasteiger partial charge in [-0.3, -0.25) is 19.6 Å². The summed E-state index contributed by atoms with van der Waals surface area (Å²) in [6.07, 6.45) is 2.48. The van der Waals surface area contributed by atoms with Gasteiger partial charge < -0.3 is 0 Å². The van der Waals surface area contributed by atoms with Crippen LogP contribution in [0.2, 0.25) is 0 Å². The van der Waals surface area contributed by atoms with Crippen molar-refractivity contribution in [1.82, 2.24) is 19.6 Å². The molecule has 68 valence electrons. The Bertz CT molecular complexity index is 167. The van der Waals surface area contributed by atoms with Crippen LogP contribution in [-0.2, 0) is 0 Å². The Morgan fingerprint density at radius 2 is 0.667 bits per heavy atom. The Labute approximate surface area is 73.3 Å². The highest BCUT2D eigenvalue weighted by Gasteiger charge is 2.67. The minimum Gasteiger partial charge on any atom is -0.270 e. The lowest BCUT2D eigenvalue weighted by atomic mass is 9.91. The van der Waals surface area contributed by atoms with Crippen molar-refractivity contribution in [3.63, 3.8) is 0 Å². The molecule has 6 aliphatic rings. The van der Waals surface area contributed by atoms with Crippen LogP contribution in [0.5, 0.6) is 0 Å². The minimum atomic E-state index is 0.620. The van der Waals surface area contributed by atoms with Gasteiger partial charge in [0.2, 0.25) is 0 Å². The summed E-state index contributed by atoms with van der Waals surface area (Å²) in [4.78, 5) is 9.93. The van der Waals surface area contributed by atoms with Gasteiger partial charge in [-0.15, -0.1) is 0 Å². The van der Waals surface area contributed by atoms with E-state index in [0.717, 1.165) is 0 Å². The fourth-order valence-electron chi connectivity index (χ4n) is 3.32. The second-order valence-corrected chi connectivity index (χ2v) is 4.32. The number of hydrogen-bond donors (Lipinski definition) is 0. The fraction of sp³-hybridized carbons (Fsp3) is 1.00. The molecule has 6 fully saturated rings. The molecule has 12 heavy (non-hydrogen) atoms. The number of nitrogens with zero attached hydrogens (tertiary/aromatic N) is 4. The van der Waals surface area contributed by atoms with Gasteiger partial charge in [-0.25, -0.2) is 0 Å². The lowest BCUT2D eigenvalue weighted by Gasteiger charge is -2.77. The van der Waals surface area contributed by atoms with E-state index in [4.69, 9.17) is 0 Å². The number of piperazine rings is 4. The van der Waals surface area contributed by atoms with Crippen LogP contribution in [0.3, 0.4) is 0 Å². The standard InChI is InChI=1S/C8H16N4/c1-9-5-7-11(3)8(12(7)4)6(9)10(5)2/h5-8H,1-4H3. The van der Waals surface area contributed by atoms with Gasteiger partial charge in [0.1, 0.15) is 0 Å². The summed E-state index contributed by atoms with van der Waals surface area (Å²) in [7, 11) is 8.93. The van der Waals surface area contributed by atoms with Gasteiger partial charge in [-0.1, -0.05) is 0 Å². The van der Waals surface area contributed by atoms with Gasteiger partial charge in [0.05, 0.1) is 24.7 Å². The molecule has 0 radical (unpaired) electrons. The molecule has 0 unspecified atom stereocenters. The zero-order valence-corrected chi connectivity index (χ0v) is 8.10. The molecule has 4 bridgehead atoms. The molecule has 6 saturated heterocycles. The third-order valence-electron chi connectivity index (χ3n) is 3.87. The van der Waals surface area contributed by atoms with Gasteiger partial charge in [0.25, 0.3) is 0 Å². The summed E-state index contributed by atoms with van der Waals surface area (Å²) < 4.78 is 0. The molecule has 0 amide bonds. The average Bonchev–Trinajstić information content (AvgIpc) is 2.08. The van der Waals surface area contributed by atoms with Crippen molar-refractivity contribution in [3.8, 4) is 0 Å². The Balaban J connectivity index is 1.95. The normalized spacial score (nSPS) is 55.0. The van der Waals surface area contributed by atoms with Crippen LogP contribution in [0.15, 0.2) is 0 Å². The molecular formula is C8H16N4. The second kappa shape index (κ2) is 1.85. The van der Waals surface area contributed by atoms with Crippen LogP contribution in [0.25, 0.3) is 0 Å². The van der Waals surface area contributed by atoms with Crippen LogP contribution in [0.1, 0.15) is 0 Å². The van der Waals surface area contributed by atoms with Crippen LogP contribution >= 0.6 is 0 Å². The van der Waals surface area contributed by atoms with E-state index in [1.54, 1.807) is 0 Å². The Hall–Kier alpha value is -0.160. The Kier molecular flexibility index (Phi) is 1.12. The van der Waals surface area contributed by atoms with E-state index >= 15 is 0 Å². The van der Waals surface area contributed by atoms with E-state index in [9.17, 15) is 0 Å². The van der Waals surface area contributed by atoms with E-state index in [1.807, 2.05) is 0 Å². The summed E-state index contributed by atoms with van der Waals surface area (Å²) >= 11 is 0. The summed E-state index contributed by atoms with van der Waals surface area (Å²) in [5.74, 6) is 0. The van der Waals surface area contributed by atoms with Crippen molar-refractivity contribution in [2.75, 3.05) is 28.2 Å². The summed E-state index contributed by atoms with van der Waals surface area (Å²) in [5, 5.41) is 0. The monoisotopic (exact) mass is 168 g/mol. The van der Waals surface area contributed by atoms with Crippen molar-refractivity contribution in [3.05, 3.63) is 0 Å². The average molecular weight is 168 g/mol. The first-order valence-corrected chi connectivity index (χ1v) is 4.52. The van der Waals surface area contributed by atoms with Gasteiger partial charge in [0, 0.05) is 0 Å². The molecule has 0 saturated carbocycles. The fourth-order valence-corrected chi connectivity index (χ4v) is 3.32. The van der Waals surface area contributed by atoms with Crippen LogP contribution < -0.4 is 0 Å². The molecule has 6 rings (SSSR count). The lowest BCUT2D eigenvalue weighted by Crippen LogP contribution is -2.96. The first-order chi connectivity index (χ1) is 5.64. The number of likely N-dealkylation sites (N-methyl/N-ethyl adjacent to an activating group) is 4. The largest absolute Gasteiger partial charge is 0.270 e. The highest BCUT2D eigenvalue weighted by molar-refractivity contribution is 5.13. The van der Waals surface area contributed by atoms with E-state index in [2.05, 4.69) is 47.8 Å². The van der Waals surface area contributed by atoms with Gasteiger partial charge in [-0.05, 0) is 28.2 Å². The highest BCUT2D eigenvalue weighted by atomic mass is 15.7. The van der Waals surface area contributed by atoms with Crippen molar-refractivity contribution in [2.24, 2.45) is 0 Å². The molecule has 0 aromatic carbocycles. The van der Waals surface area contributed by atoms with Gasteiger partial charge >= 0.3 is 0 Å². The molecule has 0 aliphatic carbocycles. The molecule has 0 atom stereocenters. The smallest absolute Gasteiger partial charge is 0.0943 e. The Morgan fingerprint density at radius 3 is 0.833 bits per heavy atom. The van der Waals surface area contributed by atoms with Crippen LogP contribution in [0.4, 0.5) is 0 Å². The quantitative estimate of drug-likeness (QED) is 0.463. The first-order valence-electron chi connectivity index (χ1n) is 4.52. The summed E-state index contributed by atoms with van der Waals surface area (Å²) in [6, 6.07) is 0. The predicted octanol–water partition coefficient (Wildman–Crippen LogP) is -0.941. The van der Waals surface area contributed by atoms with E-state index in [1.165, 1.54) is 0 Å². The summed E-state index contributed by atoms with van der Waals surface area (Å²) in [5.41, 5.74) is 0. The van der Waals surface area contributed by atoms with Crippen LogP contribution in [-0.4, -0.2) is 72.5 Å². The van der Waals surface area contributed by atoms with Crippen molar-refractivity contribution in [2.45, 2.75) is 24.7 Å². The van der Waals surface area contributed by atoms with Crippen molar-refractivity contribution in [1.29, 1.82) is 0 Å². The molecule has 0 aromatic rings. The topological polar surface area (TPSA) is 13.0 Å². The maximum Gasteiger partial charge on any atom is 0.0943 e. The van der Waals surface area contributed by atoms with Gasteiger partial charge in [0.15, 0.2) is 0 Å². The molecule has 0 aromatic heterocycles. The minimum absolute atomic E-state index is 0.620. The van der Waals surface area contributed by atoms with Crippen molar-refractivity contribution < 1.29 is 0 Å². The SMILES string of the molecule is CN1C2C3N(C)C(C1N2C)N3C. The zero-order chi connectivity index (χ0) is 8.62. The lowest BCUT2D eigenvalue weighted by molar-refractivity contribution is -0.376. The van der Waals surface area contributed by atoms with E-state index < -0.39 is 0 Å². The zero-order valence-electron chi connectivity index (χ0n) is 8.10. The number of hydrogen-bond acceptors (Lipinski definition) is 4. The molecule has 4 heteroatoms. The van der Waals surface area contributed by atoms with Crippen LogP contribution in [0, 0.1) is 0 Å². The summed E-state index contributed by atoms with van der Waals surface area (Å²) in [6.45, 7) is 0. The van der Waals surface area contributed by atoms with E-state index in [0.29, 0.717) is 24.7 Å². The molecule has 0 spiro atoms. The molecule has 4 nitrogen and oxygen atoms in total. The van der Waals surface area contributed by atoms with Gasteiger partial charge in [-0.2, -0.15) is 0 Å². The number of rotatable bonds is 0. The second-order valence-electron chi connectivity index (χ2n) is 4.32. The maximum absolute atomic E-state index is 2.48. The first kappa shape index (κ1) is 7.26. The highest BCUT2D eigenvalue weighted by Crippen LogP contribution is 2.47. The molecule has 6 heterocycles.